The van der Waals surface area contributed by atoms with Gasteiger partial charge in [-0.1, -0.05) is 0 Å². The average molecular weight is 250 g/mol. The van der Waals surface area contributed by atoms with Crippen molar-refractivity contribution in [3.63, 3.8) is 0 Å². The Morgan fingerprint density at radius 3 is 2.67 bits per heavy atom. The number of nitrogens with zero attached hydrogens (tertiary/aromatic N) is 2. The molecule has 0 N–H and O–H groups in total. The van der Waals surface area contributed by atoms with Crippen LogP contribution < -0.4 is 4.74 Å². The first kappa shape index (κ1) is 14.5. The average Bonchev–Trinajstić information content (AvgIpc) is 2.36. The summed E-state index contributed by atoms with van der Waals surface area (Å²) in [5, 5.41) is 9.03. The van der Waals surface area contributed by atoms with Crippen LogP contribution in [0.2, 0.25) is 0 Å². The largest absolute Gasteiger partial charge is 0.496 e. The second-order valence-electron chi connectivity index (χ2n) is 4.80. The zero-order valence-electron chi connectivity index (χ0n) is 11.3. The van der Waals surface area contributed by atoms with Crippen molar-refractivity contribution in [3.05, 3.63) is 29.6 Å². The van der Waals surface area contributed by atoms with Crippen molar-refractivity contribution in [2.24, 2.45) is 0 Å². The number of nitriles is 1. The Bertz CT molecular complexity index is 452. The summed E-state index contributed by atoms with van der Waals surface area (Å²) < 4.78 is 18.4. The Balaban J connectivity index is 2.75. The number of hydrogen-bond donors (Lipinski definition) is 0. The maximum Gasteiger partial charge on any atom is 0.123 e. The zero-order valence-corrected chi connectivity index (χ0v) is 11.3. The number of likely N-dealkylation sites (N-methyl/N-ethyl adjacent to an activating group) is 1. The third-order valence-electron chi connectivity index (χ3n) is 3.19. The molecule has 0 spiro atoms. The van der Waals surface area contributed by atoms with Crippen molar-refractivity contribution in [2.45, 2.75) is 25.8 Å². The first-order chi connectivity index (χ1) is 8.40. The third kappa shape index (κ3) is 3.44. The van der Waals surface area contributed by atoms with Crippen LogP contribution in [0.15, 0.2) is 18.2 Å². The quantitative estimate of drug-likeness (QED) is 0.806. The summed E-state index contributed by atoms with van der Waals surface area (Å²) in [6.45, 7) is 4.38. The second-order valence-corrected chi connectivity index (χ2v) is 4.80. The van der Waals surface area contributed by atoms with Crippen LogP contribution in [0.3, 0.4) is 0 Å². The van der Waals surface area contributed by atoms with Crippen molar-refractivity contribution in [3.8, 4) is 11.8 Å². The number of rotatable bonds is 5. The summed E-state index contributed by atoms with van der Waals surface area (Å²) in [6.07, 6.45) is 0.641. The molecule has 0 saturated heterocycles. The van der Waals surface area contributed by atoms with E-state index < -0.39 is 5.54 Å². The van der Waals surface area contributed by atoms with Crippen LogP contribution in [0.1, 0.15) is 19.4 Å². The predicted octanol–water partition coefficient (Wildman–Crippen LogP) is 2.61. The Hall–Kier alpha value is -1.60. The lowest BCUT2D eigenvalue weighted by molar-refractivity contribution is 0.213. The molecule has 1 aromatic carbocycles. The smallest absolute Gasteiger partial charge is 0.123 e. The third-order valence-corrected chi connectivity index (χ3v) is 3.19. The number of benzene rings is 1. The standard InChI is InChI=1S/C14H19FN2O/c1-14(2,10-16)17(3)8-7-11-9-12(15)5-6-13(11)18-4/h5-6,9H,7-8H2,1-4H3. The molecule has 0 atom stereocenters. The van der Waals surface area contributed by atoms with Gasteiger partial charge in [0.05, 0.1) is 13.2 Å². The lowest BCUT2D eigenvalue weighted by atomic mass is 10.0. The monoisotopic (exact) mass is 250 g/mol. The highest BCUT2D eigenvalue weighted by Gasteiger charge is 2.22. The highest BCUT2D eigenvalue weighted by atomic mass is 19.1. The Kier molecular flexibility index (Phi) is 4.69. The lowest BCUT2D eigenvalue weighted by Crippen LogP contribution is -2.40. The fourth-order valence-electron chi connectivity index (χ4n) is 1.60. The van der Waals surface area contributed by atoms with Crippen LogP contribution in [0.5, 0.6) is 5.75 Å². The summed E-state index contributed by atoms with van der Waals surface area (Å²) in [5.74, 6) is 0.410. The lowest BCUT2D eigenvalue weighted by Gasteiger charge is -2.29. The van der Waals surface area contributed by atoms with Crippen LogP contribution in [-0.2, 0) is 6.42 Å². The van der Waals surface area contributed by atoms with Gasteiger partial charge in [-0.25, -0.2) is 4.39 Å². The molecule has 0 fully saturated rings. The molecule has 0 aliphatic rings. The van der Waals surface area contributed by atoms with Gasteiger partial charge in [0, 0.05) is 6.54 Å². The van der Waals surface area contributed by atoms with E-state index in [9.17, 15) is 4.39 Å². The number of ether oxygens (including phenoxy) is 1. The van der Waals surface area contributed by atoms with E-state index in [1.165, 1.54) is 12.1 Å². The molecule has 0 unspecified atom stereocenters. The summed E-state index contributed by atoms with van der Waals surface area (Å²) >= 11 is 0. The van der Waals surface area contributed by atoms with Gasteiger partial charge >= 0.3 is 0 Å². The summed E-state index contributed by atoms with van der Waals surface area (Å²) in [7, 11) is 3.45. The van der Waals surface area contributed by atoms with E-state index >= 15 is 0 Å². The van der Waals surface area contributed by atoms with Gasteiger partial charge in [0.2, 0.25) is 0 Å². The highest BCUT2D eigenvalue weighted by molar-refractivity contribution is 5.34. The van der Waals surface area contributed by atoms with E-state index in [1.807, 2.05) is 25.8 Å². The van der Waals surface area contributed by atoms with Crippen LogP contribution in [0.4, 0.5) is 4.39 Å². The van der Waals surface area contributed by atoms with E-state index in [1.54, 1.807) is 13.2 Å². The normalized spacial score (nSPS) is 11.4. The second kappa shape index (κ2) is 5.83. The Morgan fingerprint density at radius 1 is 1.44 bits per heavy atom. The van der Waals surface area contributed by atoms with Gasteiger partial charge in [-0.2, -0.15) is 5.26 Å². The van der Waals surface area contributed by atoms with Gasteiger partial charge < -0.3 is 4.74 Å². The van der Waals surface area contributed by atoms with Crippen molar-refractivity contribution in [1.82, 2.24) is 4.90 Å². The zero-order chi connectivity index (χ0) is 13.8. The molecule has 4 heteroatoms. The molecule has 0 aliphatic heterocycles. The molecule has 0 amide bonds. The molecule has 1 rings (SSSR count). The van der Waals surface area contributed by atoms with Gasteiger partial charge in [-0.15, -0.1) is 0 Å². The first-order valence-electron chi connectivity index (χ1n) is 5.85. The molecule has 3 nitrogen and oxygen atoms in total. The van der Waals surface area contributed by atoms with E-state index in [0.717, 1.165) is 5.56 Å². The van der Waals surface area contributed by atoms with Crippen molar-refractivity contribution in [1.29, 1.82) is 5.26 Å². The summed E-state index contributed by atoms with van der Waals surface area (Å²) in [6, 6.07) is 6.72. The van der Waals surface area contributed by atoms with Crippen molar-refractivity contribution >= 4 is 0 Å². The molecule has 1 aromatic rings. The maximum atomic E-state index is 13.2. The van der Waals surface area contributed by atoms with E-state index in [-0.39, 0.29) is 5.82 Å². The molecule has 0 saturated carbocycles. The Morgan fingerprint density at radius 2 is 2.11 bits per heavy atom. The minimum atomic E-state index is -0.527. The maximum absolute atomic E-state index is 13.2. The van der Waals surface area contributed by atoms with Crippen molar-refractivity contribution < 1.29 is 9.13 Å². The van der Waals surface area contributed by atoms with Gasteiger partial charge in [0.25, 0.3) is 0 Å². The predicted molar refractivity (Wildman–Crippen MR) is 69.0 cm³/mol. The molecule has 0 aromatic heterocycles. The van der Waals surface area contributed by atoms with E-state index in [0.29, 0.717) is 18.7 Å². The molecular formula is C14H19FN2O. The van der Waals surface area contributed by atoms with Gasteiger partial charge in [-0.05, 0) is 51.1 Å². The van der Waals surface area contributed by atoms with Crippen LogP contribution in [-0.4, -0.2) is 31.1 Å². The number of hydrogen-bond acceptors (Lipinski definition) is 3. The van der Waals surface area contributed by atoms with Gasteiger partial charge in [-0.3, -0.25) is 4.90 Å². The molecule has 0 radical (unpaired) electrons. The number of halogens is 1. The Labute approximate surface area is 108 Å². The van der Waals surface area contributed by atoms with Crippen LogP contribution in [0, 0.1) is 17.1 Å². The SMILES string of the molecule is COc1ccc(F)cc1CCN(C)C(C)(C)C#N. The summed E-state index contributed by atoms with van der Waals surface area (Å²) in [5.41, 5.74) is 0.290. The van der Waals surface area contributed by atoms with E-state index in [4.69, 9.17) is 10.00 Å². The molecular weight excluding hydrogens is 231 g/mol. The number of methoxy groups -OCH3 is 1. The topological polar surface area (TPSA) is 36.3 Å². The minimum absolute atomic E-state index is 0.270. The van der Waals surface area contributed by atoms with Gasteiger partial charge in [0.15, 0.2) is 0 Å². The molecule has 98 valence electrons. The summed E-state index contributed by atoms with van der Waals surface area (Å²) in [4.78, 5) is 1.94. The minimum Gasteiger partial charge on any atom is -0.496 e. The van der Waals surface area contributed by atoms with Crippen LogP contribution >= 0.6 is 0 Å². The fourth-order valence-corrected chi connectivity index (χ4v) is 1.60. The van der Waals surface area contributed by atoms with Gasteiger partial charge in [0.1, 0.15) is 17.1 Å². The molecule has 0 heterocycles. The molecule has 0 aliphatic carbocycles. The van der Waals surface area contributed by atoms with Crippen LogP contribution in [0.25, 0.3) is 0 Å². The van der Waals surface area contributed by atoms with Crippen molar-refractivity contribution in [2.75, 3.05) is 20.7 Å². The molecule has 18 heavy (non-hydrogen) atoms. The fraction of sp³-hybridized carbons (Fsp3) is 0.500. The highest BCUT2D eigenvalue weighted by Crippen LogP contribution is 2.21. The first-order valence-corrected chi connectivity index (χ1v) is 5.85. The van der Waals surface area contributed by atoms with E-state index in [2.05, 4.69) is 6.07 Å². The molecule has 0 bridgehead atoms.